The van der Waals surface area contributed by atoms with Gasteiger partial charge >= 0.3 is 0 Å². The standard InChI is InChI=1S/C23H25N5O6S/c1-16-6-7-17(12-21(16)35(33,34)27-10-4-2-3-5-11-27)25-22(29)14-26-15-24-20-13-18(28(31)32)8-9-19(20)23(26)30/h6-9,12-13,15H,2-5,10-11,14H2,1H3,(H,25,29). The van der Waals surface area contributed by atoms with Gasteiger partial charge in [0, 0.05) is 30.9 Å². The van der Waals surface area contributed by atoms with Gasteiger partial charge in [-0.25, -0.2) is 13.4 Å². The van der Waals surface area contributed by atoms with E-state index in [9.17, 15) is 28.1 Å². The van der Waals surface area contributed by atoms with Gasteiger partial charge in [0.25, 0.3) is 11.2 Å². The van der Waals surface area contributed by atoms with Gasteiger partial charge in [-0.1, -0.05) is 18.9 Å². The molecule has 2 heterocycles. The highest BCUT2D eigenvalue weighted by molar-refractivity contribution is 7.89. The molecular formula is C23H25N5O6S. The van der Waals surface area contributed by atoms with Crippen LogP contribution in [-0.4, -0.2) is 46.2 Å². The number of amides is 1. The van der Waals surface area contributed by atoms with Gasteiger partial charge in [0.15, 0.2) is 0 Å². The minimum Gasteiger partial charge on any atom is -0.324 e. The molecule has 12 heteroatoms. The first kappa shape index (κ1) is 24.5. The monoisotopic (exact) mass is 499 g/mol. The largest absolute Gasteiger partial charge is 0.324 e. The summed E-state index contributed by atoms with van der Waals surface area (Å²) in [6.45, 7) is 2.29. The third kappa shape index (κ3) is 5.23. The maximum absolute atomic E-state index is 13.2. The second kappa shape index (κ2) is 9.92. The summed E-state index contributed by atoms with van der Waals surface area (Å²) < 4.78 is 29.1. The van der Waals surface area contributed by atoms with Crippen LogP contribution in [0.15, 0.2) is 52.4 Å². The minimum atomic E-state index is -3.71. The lowest BCUT2D eigenvalue weighted by Gasteiger charge is -2.21. The van der Waals surface area contributed by atoms with Crippen molar-refractivity contribution in [3.63, 3.8) is 0 Å². The van der Waals surface area contributed by atoms with E-state index in [4.69, 9.17) is 0 Å². The number of nitrogens with one attached hydrogen (secondary N) is 1. The Kier molecular flexibility index (Phi) is 6.94. The van der Waals surface area contributed by atoms with Crippen LogP contribution in [-0.2, 0) is 21.4 Å². The molecule has 11 nitrogen and oxygen atoms in total. The molecule has 0 aliphatic carbocycles. The van der Waals surface area contributed by atoms with Crippen molar-refractivity contribution in [2.45, 2.75) is 44.0 Å². The Morgan fingerprint density at radius 1 is 1.11 bits per heavy atom. The van der Waals surface area contributed by atoms with E-state index >= 15 is 0 Å². The normalized spacial score (nSPS) is 15.0. The van der Waals surface area contributed by atoms with Crippen molar-refractivity contribution in [3.8, 4) is 0 Å². The number of aryl methyl sites for hydroxylation is 1. The summed E-state index contributed by atoms with van der Waals surface area (Å²) in [7, 11) is -3.71. The van der Waals surface area contributed by atoms with E-state index in [2.05, 4.69) is 10.3 Å². The second-order valence-corrected chi connectivity index (χ2v) is 10.4. The number of nitro groups is 1. The predicted octanol–water partition coefficient (Wildman–Crippen LogP) is 2.82. The number of sulfonamides is 1. The topological polar surface area (TPSA) is 145 Å². The van der Waals surface area contributed by atoms with Crippen molar-refractivity contribution in [1.29, 1.82) is 0 Å². The fourth-order valence-corrected chi connectivity index (χ4v) is 5.87. The maximum atomic E-state index is 13.2. The minimum absolute atomic E-state index is 0.142. The Morgan fingerprint density at radius 2 is 1.83 bits per heavy atom. The molecule has 2 aromatic carbocycles. The number of carbonyl (C=O) groups excluding carboxylic acids is 1. The van der Waals surface area contributed by atoms with E-state index < -0.39 is 26.4 Å². The molecule has 1 amide bonds. The first-order valence-corrected chi connectivity index (χ1v) is 12.6. The molecule has 1 aliphatic heterocycles. The van der Waals surface area contributed by atoms with Crippen LogP contribution >= 0.6 is 0 Å². The quantitative estimate of drug-likeness (QED) is 0.405. The number of fused-ring (bicyclic) bond motifs is 1. The summed E-state index contributed by atoms with van der Waals surface area (Å²) in [6, 6.07) is 8.38. The number of nitrogens with zero attached hydrogens (tertiary/aromatic N) is 4. The fraction of sp³-hybridized carbons (Fsp3) is 0.348. The average Bonchev–Trinajstić information content (AvgIpc) is 3.12. The van der Waals surface area contributed by atoms with Crippen molar-refractivity contribution in [2.75, 3.05) is 18.4 Å². The number of hydrogen-bond donors (Lipinski definition) is 1. The van der Waals surface area contributed by atoms with E-state index in [-0.39, 0.29) is 28.0 Å². The van der Waals surface area contributed by atoms with E-state index in [1.54, 1.807) is 19.1 Å². The Bertz CT molecular complexity index is 1460. The van der Waals surface area contributed by atoms with Gasteiger partial charge in [0.2, 0.25) is 15.9 Å². The number of carbonyl (C=O) groups is 1. The van der Waals surface area contributed by atoms with Gasteiger partial charge in [0.1, 0.15) is 6.54 Å². The maximum Gasteiger partial charge on any atom is 0.271 e. The summed E-state index contributed by atoms with van der Waals surface area (Å²) >= 11 is 0. The lowest BCUT2D eigenvalue weighted by atomic mass is 10.2. The summed E-state index contributed by atoms with van der Waals surface area (Å²) in [5, 5.41) is 13.7. The lowest BCUT2D eigenvalue weighted by molar-refractivity contribution is -0.384. The van der Waals surface area contributed by atoms with Gasteiger partial charge in [0.05, 0.1) is 27.0 Å². The fourth-order valence-electron chi connectivity index (χ4n) is 4.11. The van der Waals surface area contributed by atoms with Gasteiger partial charge in [-0.15, -0.1) is 0 Å². The van der Waals surface area contributed by atoms with Crippen LogP contribution < -0.4 is 10.9 Å². The Balaban J connectivity index is 1.54. The van der Waals surface area contributed by atoms with Crippen LogP contribution in [0.3, 0.4) is 0 Å². The smallest absolute Gasteiger partial charge is 0.271 e. The van der Waals surface area contributed by atoms with Crippen molar-refractivity contribution in [3.05, 3.63) is 68.8 Å². The van der Waals surface area contributed by atoms with Crippen LogP contribution in [0.25, 0.3) is 10.9 Å². The summed E-state index contributed by atoms with van der Waals surface area (Å²) in [6.07, 6.45) is 4.79. The van der Waals surface area contributed by atoms with Gasteiger partial charge in [-0.3, -0.25) is 24.3 Å². The molecule has 1 aromatic heterocycles. The van der Waals surface area contributed by atoms with Crippen molar-refractivity contribution >= 4 is 38.2 Å². The van der Waals surface area contributed by atoms with Crippen molar-refractivity contribution in [2.24, 2.45) is 0 Å². The number of nitro benzene ring substituents is 1. The van der Waals surface area contributed by atoms with E-state index in [0.717, 1.165) is 36.6 Å². The zero-order chi connectivity index (χ0) is 25.2. The molecular weight excluding hydrogens is 474 g/mol. The highest BCUT2D eigenvalue weighted by Crippen LogP contribution is 2.26. The van der Waals surface area contributed by atoms with Gasteiger partial charge in [-0.05, 0) is 43.5 Å². The van der Waals surface area contributed by atoms with E-state index in [1.165, 1.54) is 28.6 Å². The van der Waals surface area contributed by atoms with Gasteiger partial charge in [-0.2, -0.15) is 4.31 Å². The molecule has 4 rings (SSSR count). The number of benzene rings is 2. The van der Waals surface area contributed by atoms with Gasteiger partial charge < -0.3 is 5.32 Å². The number of rotatable bonds is 6. The molecule has 1 fully saturated rings. The Morgan fingerprint density at radius 3 is 2.51 bits per heavy atom. The van der Waals surface area contributed by atoms with E-state index in [1.807, 2.05) is 0 Å². The molecule has 184 valence electrons. The highest BCUT2D eigenvalue weighted by atomic mass is 32.2. The molecule has 3 aromatic rings. The molecule has 0 atom stereocenters. The summed E-state index contributed by atoms with van der Waals surface area (Å²) in [4.78, 5) is 39.9. The number of hydrogen-bond acceptors (Lipinski definition) is 7. The Hall–Kier alpha value is -3.64. The molecule has 0 saturated carbocycles. The average molecular weight is 500 g/mol. The van der Waals surface area contributed by atoms with Crippen LogP contribution in [0.4, 0.5) is 11.4 Å². The second-order valence-electron chi connectivity index (χ2n) is 8.48. The zero-order valence-corrected chi connectivity index (χ0v) is 20.0. The SMILES string of the molecule is Cc1ccc(NC(=O)Cn2cnc3cc([N+](=O)[O-])ccc3c2=O)cc1S(=O)(=O)N1CCCCCC1. The van der Waals surface area contributed by atoms with Crippen molar-refractivity contribution in [1.82, 2.24) is 13.9 Å². The first-order chi connectivity index (χ1) is 16.7. The van der Waals surface area contributed by atoms with Crippen LogP contribution in [0.5, 0.6) is 0 Å². The predicted molar refractivity (Wildman–Crippen MR) is 130 cm³/mol. The van der Waals surface area contributed by atoms with E-state index in [0.29, 0.717) is 24.3 Å². The molecule has 1 N–H and O–H groups in total. The van der Waals surface area contributed by atoms with Crippen LogP contribution in [0.1, 0.15) is 31.2 Å². The third-order valence-electron chi connectivity index (χ3n) is 5.99. The molecule has 1 aliphatic rings. The summed E-state index contributed by atoms with van der Waals surface area (Å²) in [5.74, 6) is -0.544. The molecule has 0 spiro atoms. The number of aromatic nitrogens is 2. The third-order valence-corrected chi connectivity index (χ3v) is 8.03. The van der Waals surface area contributed by atoms with Crippen LogP contribution in [0, 0.1) is 17.0 Å². The van der Waals surface area contributed by atoms with Crippen molar-refractivity contribution < 1.29 is 18.1 Å². The molecule has 35 heavy (non-hydrogen) atoms. The Labute approximate surface area is 201 Å². The lowest BCUT2D eigenvalue weighted by Crippen LogP contribution is -2.32. The molecule has 0 radical (unpaired) electrons. The number of anilines is 1. The molecule has 0 bridgehead atoms. The molecule has 1 saturated heterocycles. The zero-order valence-electron chi connectivity index (χ0n) is 19.1. The summed E-state index contributed by atoms with van der Waals surface area (Å²) in [5.41, 5.74) is 0.323. The highest BCUT2D eigenvalue weighted by Gasteiger charge is 2.27. The number of non-ortho nitro benzene ring substituents is 1. The first-order valence-electron chi connectivity index (χ1n) is 11.2. The van der Waals surface area contributed by atoms with Crippen LogP contribution in [0.2, 0.25) is 0 Å². The molecule has 0 unspecified atom stereocenters.